The summed E-state index contributed by atoms with van der Waals surface area (Å²) < 4.78 is 33.6. The summed E-state index contributed by atoms with van der Waals surface area (Å²) in [7, 11) is -2.16. The number of rotatable bonds is 6. The summed E-state index contributed by atoms with van der Waals surface area (Å²) in [4.78, 5) is 11.0. The molecule has 2 aromatic carbocycles. The van der Waals surface area contributed by atoms with Gasteiger partial charge in [0.1, 0.15) is 12.0 Å². The Morgan fingerprint density at radius 2 is 1.88 bits per heavy atom. The summed E-state index contributed by atoms with van der Waals surface area (Å²) in [5.74, 6) is 0.643. The lowest BCUT2D eigenvalue weighted by molar-refractivity contribution is -0.107. The van der Waals surface area contributed by atoms with E-state index < -0.39 is 10.0 Å². The van der Waals surface area contributed by atoms with Crippen molar-refractivity contribution < 1.29 is 17.9 Å². The Morgan fingerprint density at radius 1 is 1.16 bits per heavy atom. The summed E-state index contributed by atoms with van der Waals surface area (Å²) in [5, 5.41) is 0.773. The first-order valence-electron chi connectivity index (χ1n) is 7.60. The van der Waals surface area contributed by atoms with Gasteiger partial charge in [-0.25, -0.2) is 12.4 Å². The zero-order valence-corrected chi connectivity index (χ0v) is 16.5. The molecular formula is C18H16INO4S. The maximum absolute atomic E-state index is 13.1. The summed E-state index contributed by atoms with van der Waals surface area (Å²) in [5.41, 5.74) is 1.37. The van der Waals surface area contributed by atoms with Crippen LogP contribution in [0.3, 0.4) is 0 Å². The summed E-state index contributed by atoms with van der Waals surface area (Å²) in [6, 6.07) is 12.0. The van der Waals surface area contributed by atoms with Gasteiger partial charge in [-0.05, 0) is 77.0 Å². The second-order valence-electron chi connectivity index (χ2n) is 5.50. The van der Waals surface area contributed by atoms with Crippen molar-refractivity contribution in [3.8, 4) is 5.75 Å². The predicted molar refractivity (Wildman–Crippen MR) is 105 cm³/mol. The number of benzene rings is 2. The van der Waals surface area contributed by atoms with Crippen LogP contribution in [0.25, 0.3) is 10.9 Å². The predicted octanol–water partition coefficient (Wildman–Crippen LogP) is 3.62. The number of nitrogens with zero attached hydrogens (tertiary/aromatic N) is 1. The molecule has 1 aromatic heterocycles. The molecule has 130 valence electrons. The van der Waals surface area contributed by atoms with Gasteiger partial charge in [-0.2, -0.15) is 0 Å². The SMILES string of the molecule is COc1ccc2c(c1)c(CCC=O)cn2S(=O)(=O)c1ccc(I)cc1. The summed E-state index contributed by atoms with van der Waals surface area (Å²) in [6.45, 7) is 0. The van der Waals surface area contributed by atoms with E-state index in [0.717, 1.165) is 20.8 Å². The lowest BCUT2D eigenvalue weighted by Crippen LogP contribution is -2.11. The van der Waals surface area contributed by atoms with E-state index in [2.05, 4.69) is 22.6 Å². The van der Waals surface area contributed by atoms with Crippen LogP contribution in [0.15, 0.2) is 53.6 Å². The normalized spacial score (nSPS) is 11.6. The molecule has 0 saturated carbocycles. The van der Waals surface area contributed by atoms with Gasteiger partial charge in [0.15, 0.2) is 0 Å². The smallest absolute Gasteiger partial charge is 0.268 e. The number of aryl methyl sites for hydroxylation is 1. The Labute approximate surface area is 159 Å². The van der Waals surface area contributed by atoms with Crippen molar-refractivity contribution in [3.63, 3.8) is 0 Å². The van der Waals surface area contributed by atoms with Crippen LogP contribution in [0.2, 0.25) is 0 Å². The van der Waals surface area contributed by atoms with Crippen molar-refractivity contribution >= 4 is 49.8 Å². The zero-order valence-electron chi connectivity index (χ0n) is 13.5. The minimum absolute atomic E-state index is 0.225. The lowest BCUT2D eigenvalue weighted by atomic mass is 10.1. The highest BCUT2D eigenvalue weighted by atomic mass is 127. The third-order valence-electron chi connectivity index (χ3n) is 3.96. The highest BCUT2D eigenvalue weighted by Crippen LogP contribution is 2.30. The summed E-state index contributed by atoms with van der Waals surface area (Å²) >= 11 is 2.13. The van der Waals surface area contributed by atoms with Gasteiger partial charge in [-0.15, -0.1) is 0 Å². The highest BCUT2D eigenvalue weighted by Gasteiger charge is 2.21. The van der Waals surface area contributed by atoms with Gasteiger partial charge in [-0.1, -0.05) is 0 Å². The maximum Gasteiger partial charge on any atom is 0.268 e. The van der Waals surface area contributed by atoms with E-state index in [4.69, 9.17) is 4.74 Å². The molecule has 0 atom stereocenters. The van der Waals surface area contributed by atoms with E-state index in [0.29, 0.717) is 24.1 Å². The van der Waals surface area contributed by atoms with E-state index >= 15 is 0 Å². The van der Waals surface area contributed by atoms with E-state index in [1.54, 1.807) is 55.8 Å². The zero-order chi connectivity index (χ0) is 18.0. The molecule has 25 heavy (non-hydrogen) atoms. The number of methoxy groups -OCH3 is 1. The first-order chi connectivity index (χ1) is 12.0. The average Bonchev–Trinajstić information content (AvgIpc) is 2.98. The van der Waals surface area contributed by atoms with Crippen molar-refractivity contribution in [2.75, 3.05) is 7.11 Å². The fourth-order valence-electron chi connectivity index (χ4n) is 2.70. The van der Waals surface area contributed by atoms with Gasteiger partial charge in [0.05, 0.1) is 17.5 Å². The second-order valence-corrected chi connectivity index (χ2v) is 8.56. The maximum atomic E-state index is 13.1. The molecule has 7 heteroatoms. The topological polar surface area (TPSA) is 65.4 Å². The quantitative estimate of drug-likeness (QED) is 0.409. The first-order valence-corrected chi connectivity index (χ1v) is 10.1. The standard InChI is InChI=1S/C18H16INO4S/c1-24-15-6-9-18-17(11-15)13(3-2-10-21)12-20(18)25(22,23)16-7-4-14(19)5-8-16/h4-12H,2-3H2,1H3. The third kappa shape index (κ3) is 3.43. The van der Waals surface area contributed by atoms with Crippen molar-refractivity contribution in [1.82, 2.24) is 3.97 Å². The average molecular weight is 469 g/mol. The molecule has 1 heterocycles. The minimum atomic E-state index is -3.72. The van der Waals surface area contributed by atoms with Gasteiger partial charge in [0, 0.05) is 21.6 Å². The number of ether oxygens (including phenoxy) is 1. The molecule has 0 bridgehead atoms. The fourth-order valence-corrected chi connectivity index (χ4v) is 4.46. The number of carbonyl (C=O) groups excluding carboxylic acids is 1. The fraction of sp³-hybridized carbons (Fsp3) is 0.167. The van der Waals surface area contributed by atoms with Crippen molar-refractivity contribution in [3.05, 3.63) is 57.8 Å². The van der Waals surface area contributed by atoms with Crippen LogP contribution >= 0.6 is 22.6 Å². The Hall–Kier alpha value is -1.87. The molecular weight excluding hydrogens is 453 g/mol. The molecule has 0 amide bonds. The van der Waals surface area contributed by atoms with Crippen LogP contribution < -0.4 is 4.74 Å². The second kappa shape index (κ2) is 7.17. The van der Waals surface area contributed by atoms with E-state index in [-0.39, 0.29) is 4.90 Å². The van der Waals surface area contributed by atoms with Crippen molar-refractivity contribution in [2.45, 2.75) is 17.7 Å². The molecule has 5 nitrogen and oxygen atoms in total. The Morgan fingerprint density at radius 3 is 2.52 bits per heavy atom. The number of carbonyl (C=O) groups is 1. The monoisotopic (exact) mass is 469 g/mol. The molecule has 0 aliphatic carbocycles. The Kier molecular flexibility index (Phi) is 5.14. The van der Waals surface area contributed by atoms with Crippen LogP contribution in [0.1, 0.15) is 12.0 Å². The molecule has 0 N–H and O–H groups in total. The highest BCUT2D eigenvalue weighted by molar-refractivity contribution is 14.1. The molecule has 3 aromatic rings. The number of aldehydes is 1. The number of fused-ring (bicyclic) bond motifs is 1. The number of hydrogen-bond donors (Lipinski definition) is 0. The van der Waals surface area contributed by atoms with Gasteiger partial charge >= 0.3 is 0 Å². The number of aromatic nitrogens is 1. The van der Waals surface area contributed by atoms with Gasteiger partial charge in [0.2, 0.25) is 0 Å². The summed E-state index contributed by atoms with van der Waals surface area (Å²) in [6.07, 6.45) is 3.24. The Bertz CT molecular complexity index is 1020. The van der Waals surface area contributed by atoms with Crippen LogP contribution in [0.5, 0.6) is 5.75 Å². The van der Waals surface area contributed by atoms with Crippen LogP contribution in [-0.4, -0.2) is 25.8 Å². The lowest BCUT2D eigenvalue weighted by Gasteiger charge is -2.08. The van der Waals surface area contributed by atoms with E-state index in [9.17, 15) is 13.2 Å². The number of halogens is 1. The molecule has 0 aliphatic heterocycles. The van der Waals surface area contributed by atoms with Crippen LogP contribution in [-0.2, 0) is 21.2 Å². The number of hydrogen-bond acceptors (Lipinski definition) is 4. The first kappa shape index (κ1) is 17.9. The molecule has 0 spiro atoms. The van der Waals surface area contributed by atoms with E-state index in [1.807, 2.05) is 0 Å². The van der Waals surface area contributed by atoms with Crippen LogP contribution in [0.4, 0.5) is 0 Å². The molecule has 3 rings (SSSR count). The van der Waals surface area contributed by atoms with Gasteiger partial charge in [0.25, 0.3) is 10.0 Å². The minimum Gasteiger partial charge on any atom is -0.497 e. The van der Waals surface area contributed by atoms with E-state index in [1.165, 1.54) is 3.97 Å². The largest absolute Gasteiger partial charge is 0.497 e. The molecule has 0 fully saturated rings. The molecule has 0 saturated heterocycles. The third-order valence-corrected chi connectivity index (χ3v) is 6.37. The molecule has 0 radical (unpaired) electrons. The molecule has 0 unspecified atom stereocenters. The Balaban J connectivity index is 2.21. The molecule has 0 aliphatic rings. The van der Waals surface area contributed by atoms with Gasteiger partial charge in [-0.3, -0.25) is 0 Å². The van der Waals surface area contributed by atoms with Gasteiger partial charge < -0.3 is 9.53 Å². The van der Waals surface area contributed by atoms with Crippen LogP contribution in [0, 0.1) is 3.57 Å². The van der Waals surface area contributed by atoms with Crippen molar-refractivity contribution in [1.29, 1.82) is 0 Å². The van der Waals surface area contributed by atoms with Crippen molar-refractivity contribution in [2.24, 2.45) is 0 Å².